The SMILES string of the molecule is CNc1ncc(S(=O)(=O)Nc2cnn(CCOC)c2)cn1. The van der Waals surface area contributed by atoms with Gasteiger partial charge in [-0.25, -0.2) is 18.4 Å². The quantitative estimate of drug-likeness (QED) is 0.749. The summed E-state index contributed by atoms with van der Waals surface area (Å²) in [6.45, 7) is 1.03. The van der Waals surface area contributed by atoms with Crippen LogP contribution in [0.3, 0.4) is 0 Å². The Morgan fingerprint density at radius 3 is 2.62 bits per heavy atom. The van der Waals surface area contributed by atoms with Crippen LogP contribution in [0.15, 0.2) is 29.7 Å². The fraction of sp³-hybridized carbons (Fsp3) is 0.364. The minimum absolute atomic E-state index is 0.0221. The summed E-state index contributed by atoms with van der Waals surface area (Å²) in [7, 11) is -0.499. The third kappa shape index (κ3) is 3.89. The van der Waals surface area contributed by atoms with Crippen molar-refractivity contribution in [2.45, 2.75) is 11.4 Å². The second-order valence-corrected chi connectivity index (χ2v) is 5.77. The van der Waals surface area contributed by atoms with Gasteiger partial charge >= 0.3 is 0 Å². The molecule has 0 saturated carbocycles. The summed E-state index contributed by atoms with van der Waals surface area (Å²) in [5, 5.41) is 6.74. The van der Waals surface area contributed by atoms with Gasteiger partial charge in [-0.3, -0.25) is 9.40 Å². The molecule has 0 aromatic carbocycles. The molecule has 2 aromatic heterocycles. The maximum atomic E-state index is 12.2. The Bertz CT molecular complexity index is 682. The predicted molar refractivity (Wildman–Crippen MR) is 76.5 cm³/mol. The second kappa shape index (κ2) is 6.50. The first kappa shape index (κ1) is 15.2. The molecule has 0 unspecified atom stereocenters. The molecule has 2 N–H and O–H groups in total. The van der Waals surface area contributed by atoms with E-state index >= 15 is 0 Å². The number of nitrogens with one attached hydrogen (secondary N) is 2. The molecule has 0 fully saturated rings. The van der Waals surface area contributed by atoms with Crippen molar-refractivity contribution in [1.29, 1.82) is 0 Å². The van der Waals surface area contributed by atoms with Crippen LogP contribution in [0.2, 0.25) is 0 Å². The van der Waals surface area contributed by atoms with Crippen LogP contribution in [0.25, 0.3) is 0 Å². The van der Waals surface area contributed by atoms with Crippen LogP contribution < -0.4 is 10.0 Å². The fourth-order valence-corrected chi connectivity index (χ4v) is 2.44. The topological polar surface area (TPSA) is 111 Å². The van der Waals surface area contributed by atoms with E-state index in [-0.39, 0.29) is 4.90 Å². The van der Waals surface area contributed by atoms with E-state index in [2.05, 4.69) is 25.1 Å². The van der Waals surface area contributed by atoms with Crippen LogP contribution in [0.4, 0.5) is 11.6 Å². The van der Waals surface area contributed by atoms with Crippen molar-refractivity contribution >= 4 is 21.7 Å². The zero-order chi connectivity index (χ0) is 15.3. The van der Waals surface area contributed by atoms with Gasteiger partial charge in [-0.2, -0.15) is 5.10 Å². The van der Waals surface area contributed by atoms with Crippen LogP contribution in [-0.2, 0) is 21.3 Å². The zero-order valence-electron chi connectivity index (χ0n) is 11.6. The molecule has 0 aliphatic carbocycles. The Morgan fingerprint density at radius 1 is 1.29 bits per heavy atom. The van der Waals surface area contributed by atoms with Crippen molar-refractivity contribution in [2.24, 2.45) is 0 Å². The maximum absolute atomic E-state index is 12.2. The minimum atomic E-state index is -3.73. The molecule has 2 rings (SSSR count). The molecule has 0 atom stereocenters. The Balaban J connectivity index is 2.10. The van der Waals surface area contributed by atoms with Gasteiger partial charge in [0, 0.05) is 20.4 Å². The molecule has 0 amide bonds. The van der Waals surface area contributed by atoms with E-state index in [9.17, 15) is 8.42 Å². The number of nitrogens with zero attached hydrogens (tertiary/aromatic N) is 4. The average Bonchev–Trinajstić information content (AvgIpc) is 2.92. The van der Waals surface area contributed by atoms with Gasteiger partial charge < -0.3 is 10.1 Å². The van der Waals surface area contributed by atoms with Crippen molar-refractivity contribution < 1.29 is 13.2 Å². The first-order chi connectivity index (χ1) is 10.0. The van der Waals surface area contributed by atoms with Crippen molar-refractivity contribution in [3.63, 3.8) is 0 Å². The Morgan fingerprint density at radius 2 is 2.00 bits per heavy atom. The summed E-state index contributed by atoms with van der Waals surface area (Å²) in [6.07, 6.45) is 5.47. The van der Waals surface area contributed by atoms with E-state index in [4.69, 9.17) is 4.74 Å². The Labute approximate surface area is 122 Å². The fourth-order valence-electron chi connectivity index (χ4n) is 1.52. The Kier molecular flexibility index (Phi) is 4.70. The number of anilines is 2. The summed E-state index contributed by atoms with van der Waals surface area (Å²) in [5.74, 6) is 0.348. The number of methoxy groups -OCH3 is 1. The standard InChI is InChI=1S/C11H16N6O3S/c1-12-11-13-6-10(7-14-11)21(18,19)16-9-5-15-17(8-9)3-4-20-2/h5-8,16H,3-4H2,1-2H3,(H,12,13,14). The Hall–Kier alpha value is -2.20. The van der Waals surface area contributed by atoms with Gasteiger partial charge in [0.25, 0.3) is 10.0 Å². The van der Waals surface area contributed by atoms with E-state index in [1.165, 1.54) is 18.6 Å². The van der Waals surface area contributed by atoms with Crippen LogP contribution >= 0.6 is 0 Å². The van der Waals surface area contributed by atoms with Crippen LogP contribution in [0, 0.1) is 0 Å². The molecule has 0 aliphatic rings. The third-order valence-electron chi connectivity index (χ3n) is 2.57. The summed E-state index contributed by atoms with van der Waals surface area (Å²) in [4.78, 5) is 7.72. The van der Waals surface area contributed by atoms with E-state index in [1.54, 1.807) is 25.0 Å². The van der Waals surface area contributed by atoms with Gasteiger partial charge in [-0.05, 0) is 0 Å². The average molecular weight is 312 g/mol. The van der Waals surface area contributed by atoms with Crippen LogP contribution in [0.1, 0.15) is 0 Å². The highest BCUT2D eigenvalue weighted by Gasteiger charge is 2.16. The van der Waals surface area contributed by atoms with E-state index < -0.39 is 10.0 Å². The summed E-state index contributed by atoms with van der Waals surface area (Å²) in [6, 6.07) is 0. The molecule has 0 spiro atoms. The molecule has 21 heavy (non-hydrogen) atoms. The number of aromatic nitrogens is 4. The highest BCUT2D eigenvalue weighted by atomic mass is 32.2. The highest BCUT2D eigenvalue weighted by Crippen LogP contribution is 2.14. The molecule has 9 nitrogen and oxygen atoms in total. The van der Waals surface area contributed by atoms with E-state index in [0.717, 1.165) is 0 Å². The van der Waals surface area contributed by atoms with Gasteiger partial charge in [0.05, 0.1) is 37.4 Å². The van der Waals surface area contributed by atoms with Gasteiger partial charge in [-0.15, -0.1) is 0 Å². The number of hydrogen-bond donors (Lipinski definition) is 2. The normalized spacial score (nSPS) is 11.3. The van der Waals surface area contributed by atoms with Crippen LogP contribution in [-0.4, -0.2) is 48.9 Å². The first-order valence-corrected chi connectivity index (χ1v) is 7.57. The van der Waals surface area contributed by atoms with E-state index in [1.807, 2.05) is 0 Å². The molecular weight excluding hydrogens is 296 g/mol. The highest BCUT2D eigenvalue weighted by molar-refractivity contribution is 7.92. The molecule has 0 bridgehead atoms. The number of sulfonamides is 1. The lowest BCUT2D eigenvalue weighted by atomic mass is 10.6. The predicted octanol–water partition coefficient (Wildman–Crippen LogP) is 0.162. The second-order valence-electron chi connectivity index (χ2n) is 4.08. The number of ether oxygens (including phenoxy) is 1. The van der Waals surface area contributed by atoms with Gasteiger partial charge in [-0.1, -0.05) is 0 Å². The number of hydrogen-bond acceptors (Lipinski definition) is 7. The van der Waals surface area contributed by atoms with E-state index in [0.29, 0.717) is 24.8 Å². The van der Waals surface area contributed by atoms with Crippen molar-refractivity contribution in [1.82, 2.24) is 19.7 Å². The van der Waals surface area contributed by atoms with Gasteiger partial charge in [0.15, 0.2) is 0 Å². The van der Waals surface area contributed by atoms with Crippen LogP contribution in [0.5, 0.6) is 0 Å². The molecule has 0 aliphatic heterocycles. The van der Waals surface area contributed by atoms with Gasteiger partial charge in [0.2, 0.25) is 5.95 Å². The van der Waals surface area contributed by atoms with Crippen molar-refractivity contribution in [2.75, 3.05) is 30.8 Å². The first-order valence-electron chi connectivity index (χ1n) is 6.09. The lowest BCUT2D eigenvalue weighted by Gasteiger charge is -2.05. The lowest BCUT2D eigenvalue weighted by molar-refractivity contribution is 0.183. The largest absolute Gasteiger partial charge is 0.383 e. The van der Waals surface area contributed by atoms with Gasteiger partial charge in [0.1, 0.15) is 4.90 Å². The van der Waals surface area contributed by atoms with Crippen molar-refractivity contribution in [3.8, 4) is 0 Å². The summed E-state index contributed by atoms with van der Waals surface area (Å²) >= 11 is 0. The molecule has 10 heteroatoms. The maximum Gasteiger partial charge on any atom is 0.265 e. The zero-order valence-corrected chi connectivity index (χ0v) is 12.5. The summed E-state index contributed by atoms with van der Waals surface area (Å²) < 4.78 is 33.2. The smallest absolute Gasteiger partial charge is 0.265 e. The summed E-state index contributed by atoms with van der Waals surface area (Å²) in [5.41, 5.74) is 0.365. The minimum Gasteiger partial charge on any atom is -0.383 e. The van der Waals surface area contributed by atoms with Crippen molar-refractivity contribution in [3.05, 3.63) is 24.8 Å². The number of rotatable bonds is 7. The molecular formula is C11H16N6O3S. The molecule has 2 aromatic rings. The molecule has 114 valence electrons. The molecule has 2 heterocycles. The molecule has 0 saturated heterocycles. The lowest BCUT2D eigenvalue weighted by Crippen LogP contribution is -2.13. The monoisotopic (exact) mass is 312 g/mol. The third-order valence-corrected chi connectivity index (χ3v) is 3.91. The molecule has 0 radical (unpaired) electrons.